The molecule has 4 nitrogen and oxygen atoms in total. The topological polar surface area (TPSA) is 52.6 Å². The van der Waals surface area contributed by atoms with E-state index in [1.54, 1.807) is 4.90 Å². The Labute approximate surface area is 98.0 Å². The number of hydrogen-bond donors (Lipinski definition) is 2. The molecule has 0 heterocycles. The number of nitrogens with one attached hydrogen (secondary N) is 1. The van der Waals surface area contributed by atoms with Crippen LogP contribution in [-0.2, 0) is 0 Å². The first kappa shape index (κ1) is 13.3. The molecule has 0 saturated heterocycles. The molecular formula is C12H24N2O2. The SMILES string of the molecule is CCN(CC)C(=O)NC1CCC(CO)CC1. The van der Waals surface area contributed by atoms with Crippen LogP contribution < -0.4 is 5.32 Å². The van der Waals surface area contributed by atoms with Crippen molar-refractivity contribution in [1.29, 1.82) is 0 Å². The lowest BCUT2D eigenvalue weighted by Crippen LogP contribution is -2.46. The third-order valence-corrected chi connectivity index (χ3v) is 3.48. The van der Waals surface area contributed by atoms with E-state index in [4.69, 9.17) is 5.11 Å². The van der Waals surface area contributed by atoms with E-state index in [9.17, 15) is 4.79 Å². The Morgan fingerprint density at radius 2 is 1.81 bits per heavy atom. The minimum absolute atomic E-state index is 0.0532. The molecule has 0 aromatic carbocycles. The maximum atomic E-state index is 11.8. The van der Waals surface area contributed by atoms with Crippen molar-refractivity contribution >= 4 is 6.03 Å². The van der Waals surface area contributed by atoms with E-state index in [0.717, 1.165) is 38.8 Å². The summed E-state index contributed by atoms with van der Waals surface area (Å²) in [5.74, 6) is 0.446. The fourth-order valence-corrected chi connectivity index (χ4v) is 2.27. The predicted octanol–water partition coefficient (Wildman–Crippen LogP) is 1.59. The van der Waals surface area contributed by atoms with Gasteiger partial charge in [0, 0.05) is 25.7 Å². The van der Waals surface area contributed by atoms with Crippen LogP contribution >= 0.6 is 0 Å². The van der Waals surface area contributed by atoms with Gasteiger partial charge in [-0.25, -0.2) is 4.79 Å². The van der Waals surface area contributed by atoms with Crippen LogP contribution in [0.25, 0.3) is 0 Å². The van der Waals surface area contributed by atoms with Gasteiger partial charge < -0.3 is 15.3 Å². The number of carbonyl (C=O) groups excluding carboxylic acids is 1. The average molecular weight is 228 g/mol. The van der Waals surface area contributed by atoms with Gasteiger partial charge in [-0.1, -0.05) is 0 Å². The molecule has 2 amide bonds. The third kappa shape index (κ3) is 3.67. The lowest BCUT2D eigenvalue weighted by molar-refractivity contribution is 0.166. The molecule has 4 heteroatoms. The maximum Gasteiger partial charge on any atom is 0.317 e. The summed E-state index contributed by atoms with van der Waals surface area (Å²) < 4.78 is 0. The van der Waals surface area contributed by atoms with Gasteiger partial charge in [0.1, 0.15) is 0 Å². The van der Waals surface area contributed by atoms with Crippen molar-refractivity contribution in [2.75, 3.05) is 19.7 Å². The Morgan fingerprint density at radius 1 is 1.25 bits per heavy atom. The fraction of sp³-hybridized carbons (Fsp3) is 0.917. The summed E-state index contributed by atoms with van der Waals surface area (Å²) in [6.45, 7) is 5.79. The number of aliphatic hydroxyl groups is 1. The van der Waals surface area contributed by atoms with E-state index >= 15 is 0 Å². The summed E-state index contributed by atoms with van der Waals surface area (Å²) in [6.07, 6.45) is 4.05. The third-order valence-electron chi connectivity index (χ3n) is 3.48. The quantitative estimate of drug-likeness (QED) is 0.767. The van der Waals surface area contributed by atoms with E-state index in [0.29, 0.717) is 12.0 Å². The molecule has 0 radical (unpaired) electrons. The van der Waals surface area contributed by atoms with E-state index in [1.807, 2.05) is 13.8 Å². The molecule has 0 atom stereocenters. The number of aliphatic hydroxyl groups excluding tert-OH is 1. The molecule has 1 rings (SSSR count). The molecule has 1 saturated carbocycles. The molecule has 0 bridgehead atoms. The van der Waals surface area contributed by atoms with E-state index < -0.39 is 0 Å². The Balaban J connectivity index is 2.30. The summed E-state index contributed by atoms with van der Waals surface area (Å²) in [5, 5.41) is 12.1. The molecule has 0 unspecified atom stereocenters. The maximum absolute atomic E-state index is 11.8. The highest BCUT2D eigenvalue weighted by atomic mass is 16.3. The summed E-state index contributed by atoms with van der Waals surface area (Å²) in [7, 11) is 0. The minimum Gasteiger partial charge on any atom is -0.396 e. The van der Waals surface area contributed by atoms with Crippen LogP contribution in [0.15, 0.2) is 0 Å². The van der Waals surface area contributed by atoms with Gasteiger partial charge in [0.15, 0.2) is 0 Å². The smallest absolute Gasteiger partial charge is 0.317 e. The van der Waals surface area contributed by atoms with Crippen molar-refractivity contribution in [2.45, 2.75) is 45.6 Å². The van der Waals surface area contributed by atoms with Crippen molar-refractivity contribution in [3.8, 4) is 0 Å². The molecule has 0 aromatic rings. The summed E-state index contributed by atoms with van der Waals surface area (Å²) in [6, 6.07) is 0.355. The molecule has 1 fully saturated rings. The highest BCUT2D eigenvalue weighted by Gasteiger charge is 2.22. The molecule has 94 valence electrons. The number of amides is 2. The van der Waals surface area contributed by atoms with Crippen LogP contribution in [0, 0.1) is 5.92 Å². The second kappa shape index (κ2) is 6.74. The zero-order valence-electron chi connectivity index (χ0n) is 10.4. The lowest BCUT2D eigenvalue weighted by Gasteiger charge is -2.30. The van der Waals surface area contributed by atoms with Crippen molar-refractivity contribution in [1.82, 2.24) is 10.2 Å². The van der Waals surface area contributed by atoms with Gasteiger partial charge >= 0.3 is 6.03 Å². The molecule has 16 heavy (non-hydrogen) atoms. The van der Waals surface area contributed by atoms with Crippen molar-refractivity contribution < 1.29 is 9.90 Å². The van der Waals surface area contributed by atoms with Crippen LogP contribution in [0.5, 0.6) is 0 Å². The summed E-state index contributed by atoms with van der Waals surface area (Å²) >= 11 is 0. The Hall–Kier alpha value is -0.770. The van der Waals surface area contributed by atoms with Gasteiger partial charge in [-0.2, -0.15) is 0 Å². The number of hydrogen-bond acceptors (Lipinski definition) is 2. The zero-order valence-corrected chi connectivity index (χ0v) is 10.4. The molecule has 0 spiro atoms. The standard InChI is InChI=1S/C12H24N2O2/c1-3-14(4-2)12(16)13-11-7-5-10(9-15)6-8-11/h10-11,15H,3-9H2,1-2H3,(H,13,16). The summed E-state index contributed by atoms with van der Waals surface area (Å²) in [5.41, 5.74) is 0. The van der Waals surface area contributed by atoms with Gasteiger partial charge in [0.2, 0.25) is 0 Å². The van der Waals surface area contributed by atoms with E-state index in [1.165, 1.54) is 0 Å². The number of nitrogens with zero attached hydrogens (tertiary/aromatic N) is 1. The number of rotatable bonds is 4. The van der Waals surface area contributed by atoms with Crippen LogP contribution in [0.4, 0.5) is 4.79 Å². The van der Waals surface area contributed by atoms with Crippen molar-refractivity contribution in [3.05, 3.63) is 0 Å². The van der Waals surface area contributed by atoms with Crippen LogP contribution in [0.1, 0.15) is 39.5 Å². The van der Waals surface area contributed by atoms with Gasteiger partial charge in [0.05, 0.1) is 0 Å². The first-order valence-corrected chi connectivity index (χ1v) is 6.37. The molecule has 1 aliphatic carbocycles. The molecule has 1 aliphatic rings. The second-order valence-electron chi connectivity index (χ2n) is 4.52. The molecule has 2 N–H and O–H groups in total. The largest absolute Gasteiger partial charge is 0.396 e. The normalized spacial score (nSPS) is 25.2. The van der Waals surface area contributed by atoms with Crippen LogP contribution in [-0.4, -0.2) is 41.8 Å². The highest BCUT2D eigenvalue weighted by Crippen LogP contribution is 2.23. The van der Waals surface area contributed by atoms with Gasteiger partial charge in [0.25, 0.3) is 0 Å². The van der Waals surface area contributed by atoms with Gasteiger partial charge in [-0.05, 0) is 45.4 Å². The van der Waals surface area contributed by atoms with E-state index in [2.05, 4.69) is 5.32 Å². The second-order valence-corrected chi connectivity index (χ2v) is 4.52. The van der Waals surface area contributed by atoms with Crippen molar-refractivity contribution in [3.63, 3.8) is 0 Å². The average Bonchev–Trinajstić information content (AvgIpc) is 2.31. The minimum atomic E-state index is 0.0532. The van der Waals surface area contributed by atoms with Crippen molar-refractivity contribution in [2.24, 2.45) is 5.92 Å². The molecule has 0 aromatic heterocycles. The number of carbonyl (C=O) groups is 1. The summed E-state index contributed by atoms with van der Waals surface area (Å²) in [4.78, 5) is 13.6. The van der Waals surface area contributed by atoms with Gasteiger partial charge in [-0.3, -0.25) is 0 Å². The predicted molar refractivity (Wildman–Crippen MR) is 64.3 cm³/mol. The van der Waals surface area contributed by atoms with Crippen LogP contribution in [0.3, 0.4) is 0 Å². The zero-order chi connectivity index (χ0) is 12.0. The Kier molecular flexibility index (Phi) is 5.60. The molecular weight excluding hydrogens is 204 g/mol. The first-order chi connectivity index (χ1) is 7.71. The highest BCUT2D eigenvalue weighted by molar-refractivity contribution is 5.74. The van der Waals surface area contributed by atoms with Crippen LogP contribution in [0.2, 0.25) is 0 Å². The van der Waals surface area contributed by atoms with Gasteiger partial charge in [-0.15, -0.1) is 0 Å². The Morgan fingerprint density at radius 3 is 2.25 bits per heavy atom. The van der Waals surface area contributed by atoms with E-state index in [-0.39, 0.29) is 12.6 Å². The lowest BCUT2D eigenvalue weighted by atomic mass is 9.87. The molecule has 0 aliphatic heterocycles. The fourth-order valence-electron chi connectivity index (χ4n) is 2.27. The monoisotopic (exact) mass is 228 g/mol. The first-order valence-electron chi connectivity index (χ1n) is 6.37. The number of urea groups is 1. The Bertz CT molecular complexity index is 209.